The van der Waals surface area contributed by atoms with Crippen molar-refractivity contribution in [2.24, 2.45) is 4.99 Å². The minimum atomic E-state index is -0.474. The van der Waals surface area contributed by atoms with Gasteiger partial charge in [0.05, 0.1) is 16.4 Å². The first kappa shape index (κ1) is 31.5. The Kier molecular flexibility index (Phi) is 7.21. The Bertz CT molecular complexity index is 2850. The zero-order valence-electron chi connectivity index (χ0n) is 30.3. The van der Waals surface area contributed by atoms with E-state index in [-0.39, 0.29) is 6.17 Å². The van der Waals surface area contributed by atoms with Gasteiger partial charge in [0.25, 0.3) is 0 Å². The molecule has 0 amide bonds. The lowest BCUT2D eigenvalue weighted by Gasteiger charge is -2.41. The van der Waals surface area contributed by atoms with Crippen molar-refractivity contribution < 1.29 is 0 Å². The maximum atomic E-state index is 5.28. The van der Waals surface area contributed by atoms with Crippen molar-refractivity contribution in [1.29, 1.82) is 0 Å². The second kappa shape index (κ2) is 12.6. The van der Waals surface area contributed by atoms with Crippen LogP contribution in [-0.4, -0.2) is 15.3 Å². The molecule has 1 atom stereocenters. The van der Waals surface area contributed by atoms with E-state index in [2.05, 4.69) is 216 Å². The van der Waals surface area contributed by atoms with E-state index in [4.69, 9.17) is 4.99 Å². The zero-order valence-corrected chi connectivity index (χ0v) is 30.3. The van der Waals surface area contributed by atoms with Gasteiger partial charge < -0.3 is 9.47 Å². The van der Waals surface area contributed by atoms with Gasteiger partial charge in [-0.15, -0.1) is 0 Å². The first-order chi connectivity index (χ1) is 27.3. The molecular weight excluding hydrogens is 667 g/mol. The Hall–Kier alpha value is -6.97. The van der Waals surface area contributed by atoms with Crippen LogP contribution < -0.4 is 0 Å². The molecule has 0 saturated carbocycles. The van der Waals surface area contributed by atoms with Gasteiger partial charge in [-0.2, -0.15) is 0 Å². The first-order valence-electron chi connectivity index (χ1n) is 19.1. The van der Waals surface area contributed by atoms with Gasteiger partial charge in [-0.3, -0.25) is 0 Å². The van der Waals surface area contributed by atoms with Crippen LogP contribution in [0, 0.1) is 0 Å². The van der Waals surface area contributed by atoms with E-state index in [9.17, 15) is 0 Å². The van der Waals surface area contributed by atoms with Gasteiger partial charge in [0.1, 0.15) is 5.84 Å². The smallest absolute Gasteiger partial charge is 0.151 e. The highest BCUT2D eigenvalue weighted by atomic mass is 15.4. The molecular formula is C52H37N3. The monoisotopic (exact) mass is 703 g/mol. The Morgan fingerprint density at radius 1 is 0.473 bits per heavy atom. The number of aromatic nitrogens is 1. The number of fused-ring (bicyclic) bond motifs is 6. The maximum absolute atomic E-state index is 5.28. The van der Waals surface area contributed by atoms with Crippen molar-refractivity contribution in [3.63, 3.8) is 0 Å². The average Bonchev–Trinajstić information content (AvgIpc) is 3.73. The van der Waals surface area contributed by atoms with Crippen LogP contribution in [0.2, 0.25) is 0 Å². The van der Waals surface area contributed by atoms with Crippen molar-refractivity contribution in [2.45, 2.75) is 18.1 Å². The van der Waals surface area contributed by atoms with Crippen LogP contribution in [0.3, 0.4) is 0 Å². The first-order valence-corrected chi connectivity index (χ1v) is 19.1. The lowest BCUT2D eigenvalue weighted by Crippen LogP contribution is -2.42. The Labute approximate surface area is 321 Å². The topological polar surface area (TPSA) is 20.5 Å². The Morgan fingerprint density at radius 2 is 1.11 bits per heavy atom. The molecule has 260 valence electrons. The number of nitrogens with zero attached hydrogens (tertiary/aromatic N) is 3. The molecule has 1 aliphatic carbocycles. The highest BCUT2D eigenvalue weighted by Crippen LogP contribution is 2.57. The molecule has 0 bridgehead atoms. The second-order valence-electron chi connectivity index (χ2n) is 14.7. The summed E-state index contributed by atoms with van der Waals surface area (Å²) in [5.41, 5.74) is 14.4. The molecule has 1 unspecified atom stereocenters. The summed E-state index contributed by atoms with van der Waals surface area (Å²) < 4.78 is 2.47. The number of benzene rings is 8. The molecule has 11 rings (SSSR count). The molecule has 1 aromatic heterocycles. The van der Waals surface area contributed by atoms with Crippen LogP contribution in [0.1, 0.15) is 45.1 Å². The third-order valence-corrected chi connectivity index (χ3v) is 11.7. The molecule has 0 N–H and O–H groups in total. The number of rotatable bonds is 7. The standard InChI is InChI=1S/C52H37N3/c1-5-18-36(19-6-1)35-54-50(37-20-7-2-8-21-37)53-51(54)38-22-17-27-41(32-38)55-48-31-16-14-29-43(48)45-33-44-42-28-13-15-30-46(42)52(47(44)34-49(45)55,39-23-9-3-10-24-39)40-25-11-4-12-26-40/h1-34,51H,35H2. The van der Waals surface area contributed by atoms with Gasteiger partial charge in [0.2, 0.25) is 0 Å². The van der Waals surface area contributed by atoms with Crippen molar-refractivity contribution >= 4 is 27.6 Å². The van der Waals surface area contributed by atoms with Crippen LogP contribution >= 0.6 is 0 Å². The van der Waals surface area contributed by atoms with E-state index >= 15 is 0 Å². The summed E-state index contributed by atoms with van der Waals surface area (Å²) in [6, 6.07) is 75.3. The predicted octanol–water partition coefficient (Wildman–Crippen LogP) is 12.1. The third kappa shape index (κ3) is 4.79. The summed E-state index contributed by atoms with van der Waals surface area (Å²) in [5.74, 6) is 1.03. The van der Waals surface area contributed by atoms with Gasteiger partial charge in [0.15, 0.2) is 6.17 Å². The zero-order chi connectivity index (χ0) is 36.3. The lowest BCUT2D eigenvalue weighted by molar-refractivity contribution is 0.268. The fraction of sp³-hybridized carbons (Fsp3) is 0.0577. The van der Waals surface area contributed by atoms with Crippen molar-refractivity contribution in [2.75, 3.05) is 0 Å². The predicted molar refractivity (Wildman–Crippen MR) is 226 cm³/mol. The second-order valence-corrected chi connectivity index (χ2v) is 14.7. The van der Waals surface area contributed by atoms with E-state index in [0.717, 1.165) is 23.6 Å². The van der Waals surface area contributed by atoms with Crippen molar-refractivity contribution in [3.05, 3.63) is 245 Å². The van der Waals surface area contributed by atoms with E-state index in [0.29, 0.717) is 0 Å². The van der Waals surface area contributed by atoms with E-state index in [1.807, 2.05) is 0 Å². The van der Waals surface area contributed by atoms with E-state index in [1.165, 1.54) is 66.3 Å². The van der Waals surface area contributed by atoms with Crippen molar-refractivity contribution in [3.8, 4) is 16.8 Å². The summed E-state index contributed by atoms with van der Waals surface area (Å²) in [5, 5.41) is 2.50. The largest absolute Gasteiger partial charge is 0.326 e. The summed E-state index contributed by atoms with van der Waals surface area (Å²) >= 11 is 0. The van der Waals surface area contributed by atoms with Crippen LogP contribution in [0.25, 0.3) is 38.6 Å². The van der Waals surface area contributed by atoms with E-state index in [1.54, 1.807) is 0 Å². The summed E-state index contributed by atoms with van der Waals surface area (Å²) in [7, 11) is 0. The Balaban J connectivity index is 1.13. The minimum absolute atomic E-state index is 0.0917. The number of para-hydroxylation sites is 1. The summed E-state index contributed by atoms with van der Waals surface area (Å²) in [6.07, 6.45) is -0.0917. The molecule has 2 aliphatic rings. The van der Waals surface area contributed by atoms with Gasteiger partial charge in [-0.25, -0.2) is 4.99 Å². The van der Waals surface area contributed by atoms with Crippen molar-refractivity contribution in [1.82, 2.24) is 9.47 Å². The molecule has 0 saturated heterocycles. The lowest BCUT2D eigenvalue weighted by atomic mass is 9.67. The molecule has 0 fully saturated rings. The molecule has 8 aromatic carbocycles. The maximum Gasteiger partial charge on any atom is 0.151 e. The van der Waals surface area contributed by atoms with Crippen LogP contribution in [-0.2, 0) is 12.0 Å². The Morgan fingerprint density at radius 3 is 1.85 bits per heavy atom. The minimum Gasteiger partial charge on any atom is -0.326 e. The fourth-order valence-corrected chi connectivity index (χ4v) is 9.35. The van der Waals surface area contributed by atoms with Gasteiger partial charge in [-0.05, 0) is 74.8 Å². The normalized spacial score (nSPS) is 15.4. The van der Waals surface area contributed by atoms with Crippen LogP contribution in [0.15, 0.2) is 211 Å². The fourth-order valence-electron chi connectivity index (χ4n) is 9.35. The molecule has 1 aliphatic heterocycles. The highest BCUT2D eigenvalue weighted by Gasteiger charge is 2.46. The number of amidine groups is 1. The van der Waals surface area contributed by atoms with Crippen LogP contribution in [0.4, 0.5) is 0 Å². The summed E-state index contributed by atoms with van der Waals surface area (Å²) in [4.78, 5) is 7.71. The number of hydrogen-bond acceptors (Lipinski definition) is 2. The molecule has 3 heteroatoms. The van der Waals surface area contributed by atoms with Crippen LogP contribution in [0.5, 0.6) is 0 Å². The van der Waals surface area contributed by atoms with Gasteiger partial charge >= 0.3 is 0 Å². The van der Waals surface area contributed by atoms with Gasteiger partial charge in [-0.1, -0.05) is 176 Å². The number of hydrogen-bond donors (Lipinski definition) is 0. The molecule has 0 radical (unpaired) electrons. The highest BCUT2D eigenvalue weighted by molar-refractivity contribution is 6.12. The molecule has 55 heavy (non-hydrogen) atoms. The van der Waals surface area contributed by atoms with Gasteiger partial charge in [0, 0.05) is 28.6 Å². The molecule has 0 spiro atoms. The molecule has 3 nitrogen and oxygen atoms in total. The van der Waals surface area contributed by atoms with E-state index < -0.39 is 5.41 Å². The third-order valence-electron chi connectivity index (χ3n) is 11.7. The average molecular weight is 704 g/mol. The number of aliphatic imine (C=N–C) groups is 1. The quantitative estimate of drug-likeness (QED) is 0.162. The molecule has 2 heterocycles. The molecule has 9 aromatic rings. The SMILES string of the molecule is c1ccc(CN2C(c3ccccc3)=NC2c2cccc(-n3c4ccccc4c4cc5c(cc43)C(c3ccccc3)(c3ccccc3)c3ccccc3-5)c2)cc1. The summed E-state index contributed by atoms with van der Waals surface area (Å²) in [6.45, 7) is 0.784.